The molecule has 25 heavy (non-hydrogen) atoms. The molecular weight excluding hydrogens is 364 g/mol. The van der Waals surface area contributed by atoms with E-state index < -0.39 is 16.1 Å². The van der Waals surface area contributed by atoms with E-state index in [-0.39, 0.29) is 23.3 Å². The first-order chi connectivity index (χ1) is 11.8. The van der Waals surface area contributed by atoms with Gasteiger partial charge in [-0.2, -0.15) is 4.72 Å². The first-order valence-corrected chi connectivity index (χ1v) is 9.78. The van der Waals surface area contributed by atoms with Crippen molar-refractivity contribution in [2.45, 2.75) is 43.7 Å². The fourth-order valence-electron chi connectivity index (χ4n) is 2.18. The molecule has 1 amide bonds. The number of furan rings is 1. The van der Waals surface area contributed by atoms with Gasteiger partial charge in [-0.25, -0.2) is 8.42 Å². The van der Waals surface area contributed by atoms with Crippen molar-refractivity contribution in [1.82, 2.24) is 10.0 Å². The van der Waals surface area contributed by atoms with Crippen LogP contribution in [-0.2, 0) is 14.8 Å². The second kappa shape index (κ2) is 8.51. The van der Waals surface area contributed by atoms with Crippen LogP contribution in [0.15, 0.2) is 52.0 Å². The lowest BCUT2D eigenvalue weighted by Crippen LogP contribution is -2.36. The Morgan fingerprint density at radius 3 is 2.48 bits per heavy atom. The number of carbonyl (C=O) groups is 1. The molecule has 6 nitrogen and oxygen atoms in total. The zero-order chi connectivity index (χ0) is 18.4. The molecule has 0 saturated heterocycles. The largest absolute Gasteiger partial charge is 0.468 e. The Morgan fingerprint density at radius 1 is 1.24 bits per heavy atom. The van der Waals surface area contributed by atoms with Crippen LogP contribution in [0.4, 0.5) is 0 Å². The third kappa shape index (κ3) is 5.59. The lowest BCUT2D eigenvalue weighted by molar-refractivity contribution is -0.122. The number of halogens is 1. The standard InChI is InChI=1S/C17H21ClN2O4S/c1-3-12(2)19-17(21)11-15(16-5-4-10-24-16)20-25(22,23)14-8-6-13(18)7-9-14/h4-10,12,15,20H,3,11H2,1-2H3,(H,19,21)/t12-,15-/m0/s1. The topological polar surface area (TPSA) is 88.4 Å². The molecule has 0 saturated carbocycles. The van der Waals surface area contributed by atoms with E-state index in [1.165, 1.54) is 30.5 Å². The molecule has 1 aromatic carbocycles. The van der Waals surface area contributed by atoms with E-state index in [1.807, 2.05) is 13.8 Å². The molecule has 0 aliphatic rings. The van der Waals surface area contributed by atoms with Crippen molar-refractivity contribution in [3.05, 3.63) is 53.4 Å². The Morgan fingerprint density at radius 2 is 1.92 bits per heavy atom. The smallest absolute Gasteiger partial charge is 0.241 e. The number of amides is 1. The van der Waals surface area contributed by atoms with E-state index in [0.717, 1.165) is 6.42 Å². The number of hydrogen-bond acceptors (Lipinski definition) is 4. The molecule has 0 fully saturated rings. The number of benzene rings is 1. The van der Waals surface area contributed by atoms with Gasteiger partial charge in [-0.3, -0.25) is 4.79 Å². The highest BCUT2D eigenvalue weighted by molar-refractivity contribution is 7.89. The molecule has 0 aliphatic carbocycles. The highest BCUT2D eigenvalue weighted by Crippen LogP contribution is 2.22. The lowest BCUT2D eigenvalue weighted by atomic mass is 10.1. The molecule has 0 aliphatic heterocycles. The van der Waals surface area contributed by atoms with Crippen LogP contribution in [0.2, 0.25) is 5.02 Å². The first-order valence-electron chi connectivity index (χ1n) is 7.92. The maximum Gasteiger partial charge on any atom is 0.241 e. The van der Waals surface area contributed by atoms with E-state index >= 15 is 0 Å². The van der Waals surface area contributed by atoms with Crippen LogP contribution in [0.3, 0.4) is 0 Å². The molecule has 2 aromatic rings. The number of sulfonamides is 1. The summed E-state index contributed by atoms with van der Waals surface area (Å²) in [5.74, 6) is 0.117. The first kappa shape index (κ1) is 19.5. The van der Waals surface area contributed by atoms with Crippen molar-refractivity contribution in [2.24, 2.45) is 0 Å². The van der Waals surface area contributed by atoms with Gasteiger partial charge in [0.05, 0.1) is 23.6 Å². The fourth-order valence-corrected chi connectivity index (χ4v) is 3.51. The Kier molecular flexibility index (Phi) is 6.64. The van der Waals surface area contributed by atoms with Gasteiger partial charge in [0, 0.05) is 11.1 Å². The molecule has 0 bridgehead atoms. The second-order valence-electron chi connectivity index (χ2n) is 5.72. The van der Waals surface area contributed by atoms with Crippen LogP contribution in [0.25, 0.3) is 0 Å². The fraction of sp³-hybridized carbons (Fsp3) is 0.353. The summed E-state index contributed by atoms with van der Waals surface area (Å²) in [7, 11) is -3.83. The van der Waals surface area contributed by atoms with Crippen molar-refractivity contribution in [1.29, 1.82) is 0 Å². The lowest BCUT2D eigenvalue weighted by Gasteiger charge is -2.18. The normalized spacial score (nSPS) is 14.0. The maximum atomic E-state index is 12.6. The zero-order valence-electron chi connectivity index (χ0n) is 14.0. The molecular formula is C17H21ClN2O4S. The van der Waals surface area contributed by atoms with Gasteiger partial charge in [0.15, 0.2) is 0 Å². The molecule has 1 heterocycles. The van der Waals surface area contributed by atoms with Crippen molar-refractivity contribution in [3.8, 4) is 0 Å². The van der Waals surface area contributed by atoms with Crippen LogP contribution in [0.5, 0.6) is 0 Å². The molecule has 136 valence electrons. The number of rotatable bonds is 8. The summed E-state index contributed by atoms with van der Waals surface area (Å²) in [6.07, 6.45) is 2.16. The highest BCUT2D eigenvalue weighted by atomic mass is 35.5. The average Bonchev–Trinajstić information content (AvgIpc) is 3.08. The minimum Gasteiger partial charge on any atom is -0.468 e. The summed E-state index contributed by atoms with van der Waals surface area (Å²) in [6, 6.07) is 8.28. The molecule has 0 spiro atoms. The van der Waals surface area contributed by atoms with E-state index in [9.17, 15) is 13.2 Å². The second-order valence-corrected chi connectivity index (χ2v) is 7.87. The minimum atomic E-state index is -3.83. The molecule has 2 atom stereocenters. The van der Waals surface area contributed by atoms with Gasteiger partial charge in [-0.05, 0) is 49.7 Å². The minimum absolute atomic E-state index is 0.0117. The van der Waals surface area contributed by atoms with Gasteiger partial charge in [-0.1, -0.05) is 18.5 Å². The summed E-state index contributed by atoms with van der Waals surface area (Å²) in [5.41, 5.74) is 0. The maximum absolute atomic E-state index is 12.6. The van der Waals surface area contributed by atoms with Gasteiger partial charge in [0.1, 0.15) is 5.76 Å². The predicted molar refractivity (Wildman–Crippen MR) is 95.7 cm³/mol. The number of nitrogens with one attached hydrogen (secondary N) is 2. The van der Waals surface area contributed by atoms with E-state index in [1.54, 1.807) is 12.1 Å². The third-order valence-corrected chi connectivity index (χ3v) is 5.46. The van der Waals surface area contributed by atoms with Crippen molar-refractivity contribution < 1.29 is 17.6 Å². The van der Waals surface area contributed by atoms with Crippen LogP contribution < -0.4 is 10.0 Å². The zero-order valence-corrected chi connectivity index (χ0v) is 15.6. The Labute approximate surface area is 152 Å². The summed E-state index contributed by atoms with van der Waals surface area (Å²) in [4.78, 5) is 12.2. The molecule has 1 aromatic heterocycles. The molecule has 0 radical (unpaired) electrons. The van der Waals surface area contributed by atoms with Crippen molar-refractivity contribution in [3.63, 3.8) is 0 Å². The monoisotopic (exact) mass is 384 g/mol. The molecule has 8 heteroatoms. The van der Waals surface area contributed by atoms with Gasteiger partial charge < -0.3 is 9.73 Å². The Hall–Kier alpha value is -1.83. The van der Waals surface area contributed by atoms with Crippen molar-refractivity contribution in [2.75, 3.05) is 0 Å². The quantitative estimate of drug-likeness (QED) is 0.731. The van der Waals surface area contributed by atoms with Gasteiger partial charge >= 0.3 is 0 Å². The van der Waals surface area contributed by atoms with Crippen LogP contribution in [0, 0.1) is 0 Å². The molecule has 0 unspecified atom stereocenters. The summed E-state index contributed by atoms with van der Waals surface area (Å²) < 4.78 is 33.0. The predicted octanol–water partition coefficient (Wildman–Crippen LogP) is 3.26. The van der Waals surface area contributed by atoms with Gasteiger partial charge in [0.2, 0.25) is 15.9 Å². The van der Waals surface area contributed by atoms with E-state index in [4.69, 9.17) is 16.0 Å². The van der Waals surface area contributed by atoms with E-state index in [2.05, 4.69) is 10.0 Å². The van der Waals surface area contributed by atoms with Crippen LogP contribution in [0.1, 0.15) is 38.5 Å². The number of carbonyl (C=O) groups excluding carboxylic acids is 1. The molecule has 2 N–H and O–H groups in total. The highest BCUT2D eigenvalue weighted by Gasteiger charge is 2.26. The molecule has 2 rings (SSSR count). The summed E-state index contributed by atoms with van der Waals surface area (Å²) in [6.45, 7) is 3.84. The summed E-state index contributed by atoms with van der Waals surface area (Å²) in [5, 5.41) is 3.26. The summed E-state index contributed by atoms with van der Waals surface area (Å²) >= 11 is 5.80. The van der Waals surface area contributed by atoms with Crippen LogP contribution >= 0.6 is 11.6 Å². The van der Waals surface area contributed by atoms with Gasteiger partial charge in [0.25, 0.3) is 0 Å². The van der Waals surface area contributed by atoms with E-state index in [0.29, 0.717) is 10.8 Å². The third-order valence-electron chi connectivity index (χ3n) is 3.72. The number of hydrogen-bond donors (Lipinski definition) is 2. The Bertz CT molecular complexity index is 789. The Balaban J connectivity index is 2.19. The van der Waals surface area contributed by atoms with Crippen LogP contribution in [-0.4, -0.2) is 20.4 Å². The SMILES string of the molecule is CC[C@H](C)NC(=O)C[C@H](NS(=O)(=O)c1ccc(Cl)cc1)c1ccco1. The van der Waals surface area contributed by atoms with Crippen molar-refractivity contribution >= 4 is 27.5 Å². The van der Waals surface area contributed by atoms with Gasteiger partial charge in [-0.15, -0.1) is 0 Å². The average molecular weight is 385 g/mol.